The number of fused-ring (bicyclic) bond motifs is 10. The highest BCUT2D eigenvalue weighted by Crippen LogP contribution is 2.49. The van der Waals surface area contributed by atoms with Crippen LogP contribution in [0.4, 0.5) is 0 Å². The second-order valence-corrected chi connectivity index (χ2v) is 16.3. The van der Waals surface area contributed by atoms with Gasteiger partial charge in [-0.05, 0) is 71.8 Å². The number of hydrogen-bond acceptors (Lipinski definition) is 5. The van der Waals surface area contributed by atoms with Crippen LogP contribution < -0.4 is 0 Å². The number of rotatable bonds is 5. The maximum atomic E-state index is 6.21. The molecule has 7 heteroatoms. The molecule has 0 aliphatic carbocycles. The van der Waals surface area contributed by atoms with E-state index in [1.165, 1.54) is 37.2 Å². The Labute approximate surface area is 348 Å². The average molecular weight is 786 g/mol. The lowest BCUT2D eigenvalue weighted by molar-refractivity contribution is 0.669. The van der Waals surface area contributed by atoms with E-state index in [0.29, 0.717) is 17.5 Å². The SMILES string of the molecule is c1ccc(-c2ccccc2-c2nc(-c3cccc(-n4c5ccccc5c5c6cccc7c6n(c54)-c4ccccc4S7)c3)nc(-c3ccc4oc5ccccc5c4c3)n2)cc1. The summed E-state index contributed by atoms with van der Waals surface area (Å²) in [6, 6.07) is 65.9. The van der Waals surface area contributed by atoms with Crippen LogP contribution in [0.25, 0.3) is 111 Å². The molecular formula is C53H31N5OS. The van der Waals surface area contributed by atoms with E-state index in [4.69, 9.17) is 19.4 Å². The van der Waals surface area contributed by atoms with E-state index in [2.05, 4.69) is 155 Å². The summed E-state index contributed by atoms with van der Waals surface area (Å²) >= 11 is 1.84. The van der Waals surface area contributed by atoms with Crippen LogP contribution in [0.5, 0.6) is 0 Å². The quantitative estimate of drug-likeness (QED) is 0.174. The molecule has 0 spiro atoms. The first-order valence-corrected chi connectivity index (χ1v) is 20.8. The van der Waals surface area contributed by atoms with Gasteiger partial charge < -0.3 is 4.42 Å². The van der Waals surface area contributed by atoms with Gasteiger partial charge in [0.05, 0.1) is 16.7 Å². The summed E-state index contributed by atoms with van der Waals surface area (Å²) in [6.45, 7) is 0. The van der Waals surface area contributed by atoms with Crippen molar-refractivity contribution in [2.45, 2.75) is 9.79 Å². The van der Waals surface area contributed by atoms with Gasteiger partial charge in [0, 0.05) is 59.1 Å². The molecule has 0 saturated carbocycles. The largest absolute Gasteiger partial charge is 0.456 e. The van der Waals surface area contributed by atoms with Crippen molar-refractivity contribution in [1.29, 1.82) is 0 Å². The van der Waals surface area contributed by atoms with Gasteiger partial charge >= 0.3 is 0 Å². The number of nitrogens with zero attached hydrogens (tertiary/aromatic N) is 5. The summed E-state index contributed by atoms with van der Waals surface area (Å²) in [5, 5.41) is 5.79. The van der Waals surface area contributed by atoms with Crippen LogP contribution >= 0.6 is 11.8 Å². The third kappa shape index (κ3) is 4.93. The molecule has 1 aliphatic heterocycles. The highest BCUT2D eigenvalue weighted by atomic mass is 32.2. The van der Waals surface area contributed by atoms with Crippen molar-refractivity contribution >= 4 is 66.5 Å². The van der Waals surface area contributed by atoms with E-state index >= 15 is 0 Å². The third-order valence-electron chi connectivity index (χ3n) is 11.8. The van der Waals surface area contributed by atoms with Crippen LogP contribution in [0.15, 0.2) is 202 Å². The molecule has 13 rings (SSSR count). The summed E-state index contributed by atoms with van der Waals surface area (Å²) in [5.41, 5.74) is 12.3. The number of furan rings is 1. The second kappa shape index (κ2) is 12.9. The summed E-state index contributed by atoms with van der Waals surface area (Å²) < 4.78 is 11.1. The monoisotopic (exact) mass is 785 g/mol. The Morgan fingerprint density at radius 3 is 1.97 bits per heavy atom. The van der Waals surface area contributed by atoms with Crippen molar-refractivity contribution in [2.24, 2.45) is 0 Å². The first-order chi connectivity index (χ1) is 29.7. The van der Waals surface area contributed by atoms with Crippen LogP contribution in [0, 0.1) is 0 Å². The number of para-hydroxylation sites is 4. The molecule has 0 saturated heterocycles. The summed E-state index contributed by atoms with van der Waals surface area (Å²) in [4.78, 5) is 18.3. The Morgan fingerprint density at radius 1 is 0.417 bits per heavy atom. The van der Waals surface area contributed by atoms with Crippen LogP contribution in [-0.2, 0) is 0 Å². The maximum Gasteiger partial charge on any atom is 0.164 e. The Hall–Kier alpha value is -7.74. The van der Waals surface area contributed by atoms with Crippen LogP contribution in [-0.4, -0.2) is 24.1 Å². The zero-order valence-electron chi connectivity index (χ0n) is 32.0. The summed E-state index contributed by atoms with van der Waals surface area (Å²) in [6.07, 6.45) is 0. The molecule has 280 valence electrons. The summed E-state index contributed by atoms with van der Waals surface area (Å²) in [7, 11) is 0. The van der Waals surface area contributed by atoms with Gasteiger partial charge in [-0.3, -0.25) is 9.13 Å². The molecule has 5 heterocycles. The normalized spacial score (nSPS) is 12.3. The highest BCUT2D eigenvalue weighted by Gasteiger charge is 2.28. The first-order valence-electron chi connectivity index (χ1n) is 20.0. The van der Waals surface area contributed by atoms with Crippen molar-refractivity contribution in [3.8, 4) is 56.7 Å². The Kier molecular flexibility index (Phi) is 7.14. The molecule has 6 nitrogen and oxygen atoms in total. The fraction of sp³-hybridized carbons (Fsp3) is 0. The van der Waals surface area contributed by atoms with Gasteiger partial charge in [-0.15, -0.1) is 0 Å². The van der Waals surface area contributed by atoms with E-state index < -0.39 is 0 Å². The topological polar surface area (TPSA) is 61.7 Å². The van der Waals surface area contributed by atoms with Gasteiger partial charge in [0.15, 0.2) is 17.5 Å². The Balaban J connectivity index is 1.06. The number of benzene rings is 8. The smallest absolute Gasteiger partial charge is 0.164 e. The fourth-order valence-electron chi connectivity index (χ4n) is 9.14. The molecular weight excluding hydrogens is 755 g/mol. The van der Waals surface area contributed by atoms with E-state index in [9.17, 15) is 0 Å². The number of hydrogen-bond donors (Lipinski definition) is 0. The van der Waals surface area contributed by atoms with E-state index in [1.807, 2.05) is 54.2 Å². The molecule has 60 heavy (non-hydrogen) atoms. The summed E-state index contributed by atoms with van der Waals surface area (Å²) in [5.74, 6) is 1.79. The minimum Gasteiger partial charge on any atom is -0.456 e. The van der Waals surface area contributed by atoms with Crippen molar-refractivity contribution < 1.29 is 4.42 Å². The van der Waals surface area contributed by atoms with Crippen molar-refractivity contribution in [3.05, 3.63) is 188 Å². The standard InChI is InChI=1S/C53H31N5OS/c1-2-14-32(15-3-1)36-18-4-5-20-38(36)52-55-50(54-51(56-52)34-28-29-45-41(31-34)37-19-7-10-25-44(37)59-45)33-16-12-17-35(30-33)57-42-23-8-6-21-39(42)48-40-22-13-27-47-49(40)58(53(48)57)43-24-9-11-26-46(43)60-47/h1-31H. The molecule has 0 atom stereocenters. The minimum atomic E-state index is 0.591. The molecule has 8 aromatic carbocycles. The minimum absolute atomic E-state index is 0.591. The molecule has 12 aromatic rings. The zero-order chi connectivity index (χ0) is 39.3. The molecule has 0 N–H and O–H groups in total. The van der Waals surface area contributed by atoms with E-state index in [-0.39, 0.29) is 0 Å². The van der Waals surface area contributed by atoms with Crippen LogP contribution in [0.3, 0.4) is 0 Å². The van der Waals surface area contributed by atoms with Gasteiger partial charge in [-0.2, -0.15) is 0 Å². The predicted octanol–water partition coefficient (Wildman–Crippen LogP) is 13.9. The molecule has 1 aliphatic rings. The lowest BCUT2D eigenvalue weighted by Crippen LogP contribution is -2.06. The molecule has 0 amide bonds. The van der Waals surface area contributed by atoms with Crippen molar-refractivity contribution in [1.82, 2.24) is 24.1 Å². The van der Waals surface area contributed by atoms with Gasteiger partial charge in [0.1, 0.15) is 16.8 Å². The predicted molar refractivity (Wildman–Crippen MR) is 244 cm³/mol. The maximum absolute atomic E-state index is 6.21. The van der Waals surface area contributed by atoms with Gasteiger partial charge in [0.2, 0.25) is 0 Å². The average Bonchev–Trinajstić information content (AvgIpc) is 3.98. The second-order valence-electron chi connectivity index (χ2n) is 15.2. The molecule has 0 fully saturated rings. The van der Waals surface area contributed by atoms with Crippen LogP contribution in [0.2, 0.25) is 0 Å². The first kappa shape index (κ1) is 33.3. The molecule has 0 radical (unpaired) electrons. The fourth-order valence-corrected chi connectivity index (χ4v) is 10.2. The van der Waals surface area contributed by atoms with Crippen molar-refractivity contribution in [2.75, 3.05) is 0 Å². The third-order valence-corrected chi connectivity index (χ3v) is 12.9. The van der Waals surface area contributed by atoms with Gasteiger partial charge in [-0.25, -0.2) is 15.0 Å². The zero-order valence-corrected chi connectivity index (χ0v) is 32.8. The number of aromatic nitrogens is 5. The Bertz CT molecular complexity index is 3710. The lowest BCUT2D eigenvalue weighted by atomic mass is 9.99. The molecule has 0 unspecified atom stereocenters. The molecule has 0 bridgehead atoms. The van der Waals surface area contributed by atoms with Crippen molar-refractivity contribution in [3.63, 3.8) is 0 Å². The van der Waals surface area contributed by atoms with Gasteiger partial charge in [-0.1, -0.05) is 139 Å². The van der Waals surface area contributed by atoms with Crippen LogP contribution in [0.1, 0.15) is 0 Å². The Morgan fingerprint density at radius 2 is 1.07 bits per heavy atom. The lowest BCUT2D eigenvalue weighted by Gasteiger charge is -2.21. The molecule has 4 aromatic heterocycles. The van der Waals surface area contributed by atoms with E-state index in [1.54, 1.807) is 0 Å². The highest BCUT2D eigenvalue weighted by molar-refractivity contribution is 7.99. The van der Waals surface area contributed by atoms with E-state index in [0.717, 1.165) is 66.6 Å². The van der Waals surface area contributed by atoms with Gasteiger partial charge in [0.25, 0.3) is 0 Å².